The highest BCUT2D eigenvalue weighted by molar-refractivity contribution is 5.78. The molecule has 1 aliphatic heterocycles. The topological polar surface area (TPSA) is 78.9 Å². The Morgan fingerprint density at radius 2 is 1.85 bits per heavy atom. The third kappa shape index (κ3) is 6.67. The summed E-state index contributed by atoms with van der Waals surface area (Å²) >= 11 is 0. The van der Waals surface area contributed by atoms with E-state index < -0.39 is 11.7 Å². The number of rotatable bonds is 5. The minimum atomic E-state index is -0.601. The summed E-state index contributed by atoms with van der Waals surface area (Å²) < 4.78 is 5.38. The average Bonchev–Trinajstić information content (AvgIpc) is 2.59. The second-order valence-electron chi connectivity index (χ2n) is 7.84. The quantitative estimate of drug-likeness (QED) is 0.843. The fraction of sp³-hybridized carbons (Fsp3) is 0.600. The first-order valence-corrected chi connectivity index (χ1v) is 9.21. The number of carbonyl (C=O) groups excluding carboxylic acids is 2. The maximum atomic E-state index is 12.1. The standard InChI is InChI=1S/C20H30N2O4/c1-20(2,3)26-19(25)22-11-9-16(10-12-22)17(23)14-21-18(24)13-15-7-5-4-6-8-15/h4-8,16-17,23H,9-14H2,1-3H3,(H,21,24). The summed E-state index contributed by atoms with van der Waals surface area (Å²) in [4.78, 5) is 25.7. The van der Waals surface area contributed by atoms with Crippen molar-refractivity contribution in [2.75, 3.05) is 19.6 Å². The van der Waals surface area contributed by atoms with Crippen LogP contribution < -0.4 is 5.32 Å². The second kappa shape index (κ2) is 9.03. The monoisotopic (exact) mass is 362 g/mol. The van der Waals surface area contributed by atoms with E-state index in [1.54, 1.807) is 4.90 Å². The van der Waals surface area contributed by atoms with Gasteiger partial charge >= 0.3 is 6.09 Å². The van der Waals surface area contributed by atoms with Crippen LogP contribution in [0, 0.1) is 5.92 Å². The Balaban J connectivity index is 1.70. The summed E-state index contributed by atoms with van der Waals surface area (Å²) in [7, 11) is 0. The van der Waals surface area contributed by atoms with Crippen molar-refractivity contribution in [2.45, 2.75) is 51.7 Å². The van der Waals surface area contributed by atoms with Gasteiger partial charge in [-0.1, -0.05) is 30.3 Å². The number of benzene rings is 1. The van der Waals surface area contributed by atoms with Crippen LogP contribution in [-0.2, 0) is 16.0 Å². The van der Waals surface area contributed by atoms with Gasteiger partial charge in [-0.2, -0.15) is 0 Å². The fourth-order valence-electron chi connectivity index (χ4n) is 3.02. The van der Waals surface area contributed by atoms with E-state index in [4.69, 9.17) is 4.74 Å². The molecule has 1 atom stereocenters. The molecule has 0 saturated carbocycles. The summed E-state index contributed by atoms with van der Waals surface area (Å²) in [5.74, 6) is -0.0212. The van der Waals surface area contributed by atoms with E-state index in [0.29, 0.717) is 32.4 Å². The van der Waals surface area contributed by atoms with E-state index in [-0.39, 0.29) is 24.5 Å². The lowest BCUT2D eigenvalue weighted by Gasteiger charge is -2.35. The molecular weight excluding hydrogens is 332 g/mol. The number of hydrogen-bond donors (Lipinski definition) is 2. The minimum absolute atomic E-state index is 0.0747. The normalized spacial score (nSPS) is 16.8. The zero-order valence-corrected chi connectivity index (χ0v) is 15.9. The molecule has 0 bridgehead atoms. The van der Waals surface area contributed by atoms with Crippen molar-refractivity contribution in [3.05, 3.63) is 35.9 Å². The smallest absolute Gasteiger partial charge is 0.410 e. The molecule has 1 aliphatic rings. The molecule has 1 aromatic carbocycles. The minimum Gasteiger partial charge on any atom is -0.444 e. The largest absolute Gasteiger partial charge is 0.444 e. The van der Waals surface area contributed by atoms with Gasteiger partial charge in [0.15, 0.2) is 0 Å². The average molecular weight is 362 g/mol. The highest BCUT2D eigenvalue weighted by Crippen LogP contribution is 2.22. The Morgan fingerprint density at radius 3 is 2.42 bits per heavy atom. The maximum absolute atomic E-state index is 12.1. The van der Waals surface area contributed by atoms with Crippen molar-refractivity contribution in [1.29, 1.82) is 0 Å². The van der Waals surface area contributed by atoms with Crippen LogP contribution in [0.5, 0.6) is 0 Å². The second-order valence-corrected chi connectivity index (χ2v) is 7.84. The molecule has 1 unspecified atom stereocenters. The number of nitrogens with zero attached hydrogens (tertiary/aromatic N) is 1. The summed E-state index contributed by atoms with van der Waals surface area (Å²) in [6.45, 7) is 6.91. The van der Waals surface area contributed by atoms with Crippen LogP contribution in [0.1, 0.15) is 39.2 Å². The van der Waals surface area contributed by atoms with Crippen molar-refractivity contribution in [3.63, 3.8) is 0 Å². The van der Waals surface area contributed by atoms with Crippen LogP contribution in [-0.4, -0.2) is 53.3 Å². The predicted octanol–water partition coefficient (Wildman–Crippen LogP) is 2.35. The number of carbonyl (C=O) groups is 2. The molecule has 0 radical (unpaired) electrons. The number of nitrogens with one attached hydrogen (secondary N) is 1. The van der Waals surface area contributed by atoms with Crippen molar-refractivity contribution in [3.8, 4) is 0 Å². The molecule has 1 aromatic rings. The van der Waals surface area contributed by atoms with Crippen molar-refractivity contribution in [2.24, 2.45) is 5.92 Å². The van der Waals surface area contributed by atoms with E-state index in [1.807, 2.05) is 51.1 Å². The third-order valence-electron chi connectivity index (χ3n) is 4.45. The zero-order chi connectivity index (χ0) is 19.2. The molecule has 0 aliphatic carbocycles. The first-order chi connectivity index (χ1) is 12.2. The van der Waals surface area contributed by atoms with E-state index in [1.165, 1.54) is 0 Å². The van der Waals surface area contributed by atoms with Crippen LogP contribution in [0.25, 0.3) is 0 Å². The summed E-state index contributed by atoms with van der Waals surface area (Å²) in [5.41, 5.74) is 0.446. The van der Waals surface area contributed by atoms with Gasteiger partial charge in [0.1, 0.15) is 5.60 Å². The number of ether oxygens (including phenoxy) is 1. The van der Waals surface area contributed by atoms with Crippen LogP contribution >= 0.6 is 0 Å². The lowest BCUT2D eigenvalue weighted by Crippen LogP contribution is -2.45. The third-order valence-corrected chi connectivity index (χ3v) is 4.45. The molecule has 2 N–H and O–H groups in total. The van der Waals surface area contributed by atoms with Gasteiger partial charge in [-0.15, -0.1) is 0 Å². The van der Waals surface area contributed by atoms with Crippen molar-refractivity contribution >= 4 is 12.0 Å². The molecule has 6 nitrogen and oxygen atoms in total. The number of hydrogen-bond acceptors (Lipinski definition) is 4. The molecule has 1 fully saturated rings. The fourth-order valence-corrected chi connectivity index (χ4v) is 3.02. The molecular formula is C20H30N2O4. The van der Waals surface area contributed by atoms with Gasteiger partial charge in [-0.05, 0) is 45.1 Å². The van der Waals surface area contributed by atoms with Gasteiger partial charge in [0.05, 0.1) is 12.5 Å². The summed E-state index contributed by atoms with van der Waals surface area (Å²) in [6, 6.07) is 9.52. The van der Waals surface area contributed by atoms with Gasteiger partial charge in [0, 0.05) is 19.6 Å². The Morgan fingerprint density at radius 1 is 1.23 bits per heavy atom. The molecule has 144 valence electrons. The highest BCUT2D eigenvalue weighted by Gasteiger charge is 2.30. The number of aliphatic hydroxyl groups excluding tert-OH is 1. The maximum Gasteiger partial charge on any atom is 0.410 e. The van der Waals surface area contributed by atoms with Crippen LogP contribution in [0.15, 0.2) is 30.3 Å². The van der Waals surface area contributed by atoms with Crippen LogP contribution in [0.4, 0.5) is 4.79 Å². The summed E-state index contributed by atoms with van der Waals surface area (Å²) in [6.07, 6.45) is 0.811. The summed E-state index contributed by atoms with van der Waals surface area (Å²) in [5, 5.41) is 13.1. The van der Waals surface area contributed by atoms with E-state index in [0.717, 1.165) is 5.56 Å². The SMILES string of the molecule is CC(C)(C)OC(=O)N1CCC(C(O)CNC(=O)Cc2ccccc2)CC1. The highest BCUT2D eigenvalue weighted by atomic mass is 16.6. The van der Waals surface area contributed by atoms with E-state index >= 15 is 0 Å². The predicted molar refractivity (Wildman–Crippen MR) is 99.7 cm³/mol. The van der Waals surface area contributed by atoms with Gasteiger partial charge in [-0.3, -0.25) is 4.79 Å². The van der Waals surface area contributed by atoms with Crippen molar-refractivity contribution in [1.82, 2.24) is 10.2 Å². The molecule has 2 amide bonds. The van der Waals surface area contributed by atoms with Gasteiger partial charge in [0.2, 0.25) is 5.91 Å². The molecule has 6 heteroatoms. The number of likely N-dealkylation sites (tertiary alicyclic amines) is 1. The van der Waals surface area contributed by atoms with Crippen molar-refractivity contribution < 1.29 is 19.4 Å². The molecule has 1 heterocycles. The van der Waals surface area contributed by atoms with E-state index in [2.05, 4.69) is 5.32 Å². The Kier molecular flexibility index (Phi) is 7.03. The Bertz CT molecular complexity index is 590. The van der Waals surface area contributed by atoms with Crippen LogP contribution in [0.2, 0.25) is 0 Å². The number of amides is 2. The molecule has 1 saturated heterocycles. The zero-order valence-electron chi connectivity index (χ0n) is 15.9. The number of piperidine rings is 1. The van der Waals surface area contributed by atoms with Gasteiger partial charge < -0.3 is 20.1 Å². The molecule has 26 heavy (non-hydrogen) atoms. The Hall–Kier alpha value is -2.08. The lowest BCUT2D eigenvalue weighted by atomic mass is 9.91. The van der Waals surface area contributed by atoms with Gasteiger partial charge in [-0.25, -0.2) is 4.79 Å². The lowest BCUT2D eigenvalue weighted by molar-refractivity contribution is -0.121. The molecule has 0 aromatic heterocycles. The molecule has 2 rings (SSSR count). The first-order valence-electron chi connectivity index (χ1n) is 9.21. The van der Waals surface area contributed by atoms with Gasteiger partial charge in [0.25, 0.3) is 0 Å². The molecule has 0 spiro atoms. The van der Waals surface area contributed by atoms with Crippen LogP contribution in [0.3, 0.4) is 0 Å². The Labute approximate surface area is 155 Å². The first kappa shape index (κ1) is 20.2. The number of aliphatic hydroxyl groups is 1. The van der Waals surface area contributed by atoms with E-state index in [9.17, 15) is 14.7 Å².